The third kappa shape index (κ3) is 5.69. The van der Waals surface area contributed by atoms with E-state index in [2.05, 4.69) is 19.2 Å². The molecule has 168 valence electrons. The molecule has 3 rings (SSSR count). The first kappa shape index (κ1) is 23.8. The van der Waals surface area contributed by atoms with E-state index in [1.54, 1.807) is 24.3 Å². The highest BCUT2D eigenvalue weighted by Gasteiger charge is 2.22. The number of hydrogen-bond acceptors (Lipinski definition) is 3. The average molecular weight is 471 g/mol. The van der Waals surface area contributed by atoms with Gasteiger partial charge in [-0.25, -0.2) is 8.42 Å². The molecule has 0 aliphatic carbocycles. The maximum absolute atomic E-state index is 12.9. The molecular formula is C25H27ClN2O3S. The topological polar surface area (TPSA) is 66.5 Å². The maximum Gasteiger partial charge on any atom is 0.264 e. The molecule has 32 heavy (non-hydrogen) atoms. The summed E-state index contributed by atoms with van der Waals surface area (Å²) in [5, 5.41) is 3.57. The molecule has 0 bridgehead atoms. The number of carbonyl (C=O) groups is 1. The van der Waals surface area contributed by atoms with Gasteiger partial charge < -0.3 is 5.32 Å². The third-order valence-corrected chi connectivity index (χ3v) is 7.23. The zero-order chi connectivity index (χ0) is 23.3. The SMILES string of the molecule is CC(C)C[C@H](NC(=O)c1ccc(N(C)S(=O)(=O)c2ccc(Cl)cc2)cc1)c1ccccc1. The minimum absolute atomic E-state index is 0.101. The Morgan fingerprint density at radius 1 is 0.938 bits per heavy atom. The fraction of sp³-hybridized carbons (Fsp3) is 0.240. The zero-order valence-corrected chi connectivity index (χ0v) is 19.9. The molecule has 0 aromatic heterocycles. The van der Waals surface area contributed by atoms with Gasteiger partial charge in [-0.3, -0.25) is 9.10 Å². The fourth-order valence-corrected chi connectivity index (χ4v) is 4.72. The number of sulfonamides is 1. The Morgan fingerprint density at radius 2 is 1.53 bits per heavy atom. The Balaban J connectivity index is 1.76. The molecular weight excluding hydrogens is 444 g/mol. The third-order valence-electron chi connectivity index (χ3n) is 5.18. The van der Waals surface area contributed by atoms with E-state index >= 15 is 0 Å². The van der Waals surface area contributed by atoms with E-state index in [-0.39, 0.29) is 16.8 Å². The van der Waals surface area contributed by atoms with E-state index in [0.717, 1.165) is 12.0 Å². The van der Waals surface area contributed by atoms with Crippen molar-refractivity contribution in [1.82, 2.24) is 5.32 Å². The molecule has 0 aliphatic rings. The van der Waals surface area contributed by atoms with Crippen LogP contribution >= 0.6 is 11.6 Å². The molecule has 0 unspecified atom stereocenters. The highest BCUT2D eigenvalue weighted by atomic mass is 35.5. The van der Waals surface area contributed by atoms with Gasteiger partial charge in [0.05, 0.1) is 16.6 Å². The number of halogens is 1. The van der Waals surface area contributed by atoms with Gasteiger partial charge in [-0.15, -0.1) is 0 Å². The van der Waals surface area contributed by atoms with Crippen molar-refractivity contribution in [2.24, 2.45) is 5.92 Å². The van der Waals surface area contributed by atoms with Crippen molar-refractivity contribution in [2.75, 3.05) is 11.4 Å². The van der Waals surface area contributed by atoms with E-state index in [0.29, 0.717) is 22.2 Å². The second kappa shape index (κ2) is 10.2. The molecule has 0 fully saturated rings. The molecule has 0 aliphatic heterocycles. The molecule has 7 heteroatoms. The largest absolute Gasteiger partial charge is 0.345 e. The van der Waals surface area contributed by atoms with E-state index in [4.69, 9.17) is 11.6 Å². The first-order valence-electron chi connectivity index (χ1n) is 10.4. The first-order chi connectivity index (χ1) is 15.2. The van der Waals surface area contributed by atoms with E-state index < -0.39 is 10.0 Å². The van der Waals surface area contributed by atoms with Gasteiger partial charge in [0, 0.05) is 17.6 Å². The molecule has 0 saturated carbocycles. The van der Waals surface area contributed by atoms with E-state index in [1.165, 1.54) is 35.6 Å². The van der Waals surface area contributed by atoms with Crippen LogP contribution in [0.5, 0.6) is 0 Å². The standard InChI is InChI=1S/C25H27ClN2O3S/c1-18(2)17-24(19-7-5-4-6-8-19)27-25(29)20-9-13-22(14-10-20)28(3)32(30,31)23-15-11-21(26)12-16-23/h4-16,18,24H,17H2,1-3H3,(H,27,29)/t24-/m0/s1. The summed E-state index contributed by atoms with van der Waals surface area (Å²) >= 11 is 5.86. The van der Waals surface area contributed by atoms with Gasteiger partial charge in [-0.2, -0.15) is 0 Å². The quantitative estimate of drug-likeness (QED) is 0.460. The van der Waals surface area contributed by atoms with Crippen molar-refractivity contribution in [3.63, 3.8) is 0 Å². The summed E-state index contributed by atoms with van der Waals surface area (Å²) in [6.45, 7) is 4.24. The highest BCUT2D eigenvalue weighted by molar-refractivity contribution is 7.92. The monoisotopic (exact) mass is 470 g/mol. The summed E-state index contributed by atoms with van der Waals surface area (Å²) in [5.74, 6) is 0.212. The van der Waals surface area contributed by atoms with Gasteiger partial charge in [-0.05, 0) is 66.4 Å². The number of carbonyl (C=O) groups excluding carboxylic acids is 1. The summed E-state index contributed by atoms with van der Waals surface area (Å²) in [4.78, 5) is 13.0. The lowest BCUT2D eigenvalue weighted by atomic mass is 9.96. The summed E-state index contributed by atoms with van der Waals surface area (Å²) < 4.78 is 26.9. The molecule has 0 spiro atoms. The van der Waals surface area contributed by atoms with Crippen LogP contribution in [-0.4, -0.2) is 21.4 Å². The molecule has 1 atom stereocenters. The number of nitrogens with one attached hydrogen (secondary N) is 1. The maximum atomic E-state index is 12.9. The van der Waals surface area contributed by atoms with Crippen LogP contribution in [0.4, 0.5) is 5.69 Å². The Bertz CT molecular complexity index is 1150. The van der Waals surface area contributed by atoms with Crippen LogP contribution in [0.25, 0.3) is 0 Å². The van der Waals surface area contributed by atoms with Crippen molar-refractivity contribution >= 4 is 33.2 Å². The molecule has 0 saturated heterocycles. The number of nitrogens with zero attached hydrogens (tertiary/aromatic N) is 1. The lowest BCUT2D eigenvalue weighted by molar-refractivity contribution is 0.0932. The Morgan fingerprint density at radius 3 is 2.09 bits per heavy atom. The van der Waals surface area contributed by atoms with Gasteiger partial charge in [-0.1, -0.05) is 55.8 Å². The highest BCUT2D eigenvalue weighted by Crippen LogP contribution is 2.25. The van der Waals surface area contributed by atoms with Gasteiger partial charge in [0.2, 0.25) is 0 Å². The average Bonchev–Trinajstić information content (AvgIpc) is 2.78. The Labute approximate surface area is 195 Å². The summed E-state index contributed by atoms with van der Waals surface area (Å²) in [6.07, 6.45) is 0.815. The van der Waals surface area contributed by atoms with Crippen LogP contribution < -0.4 is 9.62 Å². The first-order valence-corrected chi connectivity index (χ1v) is 12.2. The molecule has 0 heterocycles. The number of hydrogen-bond donors (Lipinski definition) is 1. The molecule has 0 radical (unpaired) electrons. The number of benzene rings is 3. The van der Waals surface area contributed by atoms with Crippen LogP contribution in [0.3, 0.4) is 0 Å². The van der Waals surface area contributed by atoms with Crippen molar-refractivity contribution in [3.8, 4) is 0 Å². The molecule has 1 N–H and O–H groups in total. The minimum atomic E-state index is -3.74. The van der Waals surface area contributed by atoms with Gasteiger partial charge in [0.25, 0.3) is 15.9 Å². The fourth-order valence-electron chi connectivity index (χ4n) is 3.40. The Kier molecular flexibility index (Phi) is 7.59. The van der Waals surface area contributed by atoms with Crippen molar-refractivity contribution in [2.45, 2.75) is 31.2 Å². The Hall–Kier alpha value is -2.83. The van der Waals surface area contributed by atoms with E-state index in [9.17, 15) is 13.2 Å². The van der Waals surface area contributed by atoms with Gasteiger partial charge in [0.15, 0.2) is 0 Å². The van der Waals surface area contributed by atoms with Crippen LogP contribution in [0.2, 0.25) is 5.02 Å². The number of anilines is 1. The number of rotatable bonds is 8. The van der Waals surface area contributed by atoms with Crippen LogP contribution in [0, 0.1) is 5.92 Å². The molecule has 3 aromatic rings. The van der Waals surface area contributed by atoms with Gasteiger partial charge >= 0.3 is 0 Å². The van der Waals surface area contributed by atoms with Crippen molar-refractivity contribution in [1.29, 1.82) is 0 Å². The molecule has 1 amide bonds. The second-order valence-corrected chi connectivity index (χ2v) is 10.4. The molecule has 5 nitrogen and oxygen atoms in total. The zero-order valence-electron chi connectivity index (χ0n) is 18.3. The predicted molar refractivity (Wildman–Crippen MR) is 130 cm³/mol. The van der Waals surface area contributed by atoms with Gasteiger partial charge in [0.1, 0.15) is 0 Å². The van der Waals surface area contributed by atoms with Crippen molar-refractivity contribution in [3.05, 3.63) is 95.0 Å². The molecule has 3 aromatic carbocycles. The second-order valence-electron chi connectivity index (χ2n) is 8.04. The smallest absolute Gasteiger partial charge is 0.264 e. The van der Waals surface area contributed by atoms with Crippen LogP contribution in [0.15, 0.2) is 83.8 Å². The minimum Gasteiger partial charge on any atom is -0.345 e. The summed E-state index contributed by atoms with van der Waals surface area (Å²) in [5.41, 5.74) is 1.98. The lowest BCUT2D eigenvalue weighted by Gasteiger charge is -2.22. The van der Waals surface area contributed by atoms with Crippen LogP contribution in [0.1, 0.15) is 42.2 Å². The summed E-state index contributed by atoms with van der Waals surface area (Å²) in [7, 11) is -2.26. The van der Waals surface area contributed by atoms with E-state index in [1.807, 2.05) is 30.3 Å². The normalized spacial score (nSPS) is 12.4. The van der Waals surface area contributed by atoms with Crippen molar-refractivity contribution < 1.29 is 13.2 Å². The van der Waals surface area contributed by atoms with Crippen LogP contribution in [-0.2, 0) is 10.0 Å². The number of amides is 1. The predicted octanol–water partition coefficient (Wildman–Crippen LogP) is 5.68. The summed E-state index contributed by atoms with van der Waals surface area (Å²) in [6, 6.07) is 22.3. The lowest BCUT2D eigenvalue weighted by Crippen LogP contribution is -2.30.